The van der Waals surface area contributed by atoms with Gasteiger partial charge in [0.1, 0.15) is 23.6 Å². The number of carbonyl (C=O) groups excluding carboxylic acids is 1. The minimum Gasteiger partial charge on any atom is -0.360 e. The predicted octanol–water partition coefficient (Wildman–Crippen LogP) is 2.50. The van der Waals surface area contributed by atoms with Gasteiger partial charge in [-0.25, -0.2) is 0 Å². The number of nitrogens with one attached hydrogen (secondary N) is 1. The number of hydrogen-bond acceptors (Lipinski definition) is 3. The van der Waals surface area contributed by atoms with Crippen molar-refractivity contribution in [1.82, 2.24) is 10.1 Å². The molecule has 0 radical (unpaired) electrons. The van der Waals surface area contributed by atoms with Crippen molar-refractivity contribution in [1.29, 1.82) is 0 Å². The van der Waals surface area contributed by atoms with Gasteiger partial charge in [0, 0.05) is 11.1 Å². The highest BCUT2D eigenvalue weighted by molar-refractivity contribution is 6.00. The SMILES string of the molecule is Cc1ccccc1C[NH+]1CCN(C(=O)c2c(-c3ccccc3)noc2C)CC1. The second-order valence-electron chi connectivity index (χ2n) is 7.47. The van der Waals surface area contributed by atoms with E-state index in [2.05, 4.69) is 36.3 Å². The summed E-state index contributed by atoms with van der Waals surface area (Å²) in [5.74, 6) is 0.603. The maximum atomic E-state index is 13.2. The number of amides is 1. The summed E-state index contributed by atoms with van der Waals surface area (Å²) in [5.41, 5.74) is 4.86. The molecule has 0 bridgehead atoms. The van der Waals surface area contributed by atoms with Crippen LogP contribution < -0.4 is 4.90 Å². The minimum absolute atomic E-state index is 0.0209. The Morgan fingerprint density at radius 2 is 1.71 bits per heavy atom. The van der Waals surface area contributed by atoms with Gasteiger partial charge in [0.15, 0.2) is 0 Å². The number of hydrogen-bond donors (Lipinski definition) is 1. The van der Waals surface area contributed by atoms with E-state index < -0.39 is 0 Å². The summed E-state index contributed by atoms with van der Waals surface area (Å²) in [4.78, 5) is 16.7. The Balaban J connectivity index is 1.45. The summed E-state index contributed by atoms with van der Waals surface area (Å²) in [6, 6.07) is 18.3. The van der Waals surface area contributed by atoms with Crippen LogP contribution in [0.2, 0.25) is 0 Å². The molecule has 0 atom stereocenters. The number of carbonyl (C=O) groups is 1. The zero-order valence-electron chi connectivity index (χ0n) is 16.4. The maximum absolute atomic E-state index is 13.2. The van der Waals surface area contributed by atoms with E-state index in [1.165, 1.54) is 16.0 Å². The third kappa shape index (κ3) is 3.71. The molecule has 1 amide bonds. The average molecular weight is 376 g/mol. The summed E-state index contributed by atoms with van der Waals surface area (Å²) >= 11 is 0. The Labute approximate surface area is 165 Å². The molecule has 1 fully saturated rings. The molecule has 5 heteroatoms. The quantitative estimate of drug-likeness (QED) is 0.761. The zero-order chi connectivity index (χ0) is 19.5. The Kier molecular flexibility index (Phi) is 5.26. The van der Waals surface area contributed by atoms with Crippen LogP contribution in [0.15, 0.2) is 59.1 Å². The molecular weight excluding hydrogens is 350 g/mol. The number of nitrogens with zero attached hydrogens (tertiary/aromatic N) is 2. The second-order valence-corrected chi connectivity index (χ2v) is 7.47. The largest absolute Gasteiger partial charge is 0.360 e. The molecule has 0 unspecified atom stereocenters. The monoisotopic (exact) mass is 376 g/mol. The van der Waals surface area contributed by atoms with Crippen LogP contribution in [-0.2, 0) is 6.54 Å². The molecule has 28 heavy (non-hydrogen) atoms. The maximum Gasteiger partial charge on any atom is 0.260 e. The smallest absolute Gasteiger partial charge is 0.260 e. The van der Waals surface area contributed by atoms with Gasteiger partial charge >= 0.3 is 0 Å². The van der Waals surface area contributed by atoms with Gasteiger partial charge in [-0.05, 0) is 19.4 Å². The number of rotatable bonds is 4. The van der Waals surface area contributed by atoms with Crippen molar-refractivity contribution < 1.29 is 14.2 Å². The van der Waals surface area contributed by atoms with E-state index in [-0.39, 0.29) is 5.91 Å². The lowest BCUT2D eigenvalue weighted by Gasteiger charge is -2.32. The van der Waals surface area contributed by atoms with Crippen molar-refractivity contribution in [2.45, 2.75) is 20.4 Å². The second kappa shape index (κ2) is 7.98. The molecular formula is C23H26N3O2+. The summed E-state index contributed by atoms with van der Waals surface area (Å²) in [5, 5.41) is 4.15. The predicted molar refractivity (Wildman–Crippen MR) is 108 cm³/mol. The lowest BCUT2D eigenvalue weighted by molar-refractivity contribution is -0.917. The summed E-state index contributed by atoms with van der Waals surface area (Å²) in [6.45, 7) is 8.38. The van der Waals surface area contributed by atoms with Gasteiger partial charge in [-0.2, -0.15) is 0 Å². The first kappa shape index (κ1) is 18.4. The first-order valence-electron chi connectivity index (χ1n) is 9.82. The molecule has 0 spiro atoms. The molecule has 1 N–H and O–H groups in total. The van der Waals surface area contributed by atoms with Crippen LogP contribution >= 0.6 is 0 Å². The number of piperazine rings is 1. The molecule has 3 aromatic rings. The summed E-state index contributed by atoms with van der Waals surface area (Å²) in [6.07, 6.45) is 0. The lowest BCUT2D eigenvalue weighted by Crippen LogP contribution is -3.13. The highest BCUT2D eigenvalue weighted by Gasteiger charge is 2.30. The van der Waals surface area contributed by atoms with E-state index in [0.29, 0.717) is 17.0 Å². The normalized spacial score (nSPS) is 15.0. The van der Waals surface area contributed by atoms with E-state index in [9.17, 15) is 4.79 Å². The fraction of sp³-hybridized carbons (Fsp3) is 0.304. The van der Waals surface area contributed by atoms with Crippen molar-refractivity contribution in [2.24, 2.45) is 0 Å². The van der Waals surface area contributed by atoms with Crippen molar-refractivity contribution in [3.63, 3.8) is 0 Å². The molecule has 1 aromatic heterocycles. The van der Waals surface area contributed by atoms with Gasteiger partial charge < -0.3 is 14.3 Å². The first-order chi connectivity index (χ1) is 13.6. The molecule has 1 saturated heterocycles. The lowest BCUT2D eigenvalue weighted by atomic mass is 10.0. The molecule has 0 aliphatic carbocycles. The van der Waals surface area contributed by atoms with Crippen molar-refractivity contribution in [3.05, 3.63) is 77.0 Å². The Morgan fingerprint density at radius 1 is 1.04 bits per heavy atom. The Bertz CT molecular complexity index is 957. The van der Waals surface area contributed by atoms with Crippen LogP contribution in [0.3, 0.4) is 0 Å². The average Bonchev–Trinajstić information content (AvgIpc) is 3.12. The number of aryl methyl sites for hydroxylation is 2. The van der Waals surface area contributed by atoms with Gasteiger partial charge in [0.2, 0.25) is 0 Å². The molecule has 1 aliphatic rings. The van der Waals surface area contributed by atoms with Crippen molar-refractivity contribution in [2.75, 3.05) is 26.2 Å². The number of aromatic nitrogens is 1. The van der Waals surface area contributed by atoms with Crippen LogP contribution in [-0.4, -0.2) is 42.1 Å². The summed E-state index contributed by atoms with van der Waals surface area (Å²) in [7, 11) is 0. The van der Waals surface area contributed by atoms with Crippen molar-refractivity contribution >= 4 is 5.91 Å². The first-order valence-corrected chi connectivity index (χ1v) is 9.82. The number of quaternary nitrogens is 1. The third-order valence-corrected chi connectivity index (χ3v) is 5.58. The van der Waals surface area contributed by atoms with Crippen LogP contribution in [0, 0.1) is 13.8 Å². The van der Waals surface area contributed by atoms with Gasteiger partial charge in [-0.1, -0.05) is 59.8 Å². The molecule has 4 rings (SSSR count). The van der Waals surface area contributed by atoms with Crippen molar-refractivity contribution in [3.8, 4) is 11.3 Å². The van der Waals surface area contributed by atoms with Crippen LogP contribution in [0.4, 0.5) is 0 Å². The molecule has 0 saturated carbocycles. The van der Waals surface area contributed by atoms with Crippen LogP contribution in [0.25, 0.3) is 11.3 Å². The fourth-order valence-corrected chi connectivity index (χ4v) is 3.86. The molecule has 2 aromatic carbocycles. The van der Waals surface area contributed by atoms with E-state index >= 15 is 0 Å². The minimum atomic E-state index is 0.0209. The van der Waals surface area contributed by atoms with E-state index in [4.69, 9.17) is 4.52 Å². The fourth-order valence-electron chi connectivity index (χ4n) is 3.86. The highest BCUT2D eigenvalue weighted by Crippen LogP contribution is 2.26. The van der Waals surface area contributed by atoms with Gasteiger partial charge in [0.25, 0.3) is 5.91 Å². The Hall–Kier alpha value is -2.92. The molecule has 144 valence electrons. The van der Waals surface area contributed by atoms with Crippen LogP contribution in [0.1, 0.15) is 27.2 Å². The van der Waals surface area contributed by atoms with Gasteiger partial charge in [-0.15, -0.1) is 0 Å². The van der Waals surface area contributed by atoms with Gasteiger partial charge in [-0.3, -0.25) is 4.79 Å². The molecule has 1 aliphatic heterocycles. The highest BCUT2D eigenvalue weighted by atomic mass is 16.5. The zero-order valence-corrected chi connectivity index (χ0v) is 16.4. The van der Waals surface area contributed by atoms with Crippen LogP contribution in [0.5, 0.6) is 0 Å². The van der Waals surface area contributed by atoms with E-state index in [1.807, 2.05) is 42.2 Å². The Morgan fingerprint density at radius 3 is 2.43 bits per heavy atom. The standard InChI is InChI=1S/C23H25N3O2/c1-17-8-6-7-11-20(17)16-25-12-14-26(15-13-25)23(27)21-18(2)28-24-22(21)19-9-4-3-5-10-19/h3-11H,12-16H2,1-2H3/p+1. The third-order valence-electron chi connectivity index (χ3n) is 5.58. The topological polar surface area (TPSA) is 50.8 Å². The van der Waals surface area contributed by atoms with E-state index in [1.54, 1.807) is 0 Å². The molecule has 2 heterocycles. The van der Waals surface area contributed by atoms with Gasteiger partial charge in [0.05, 0.1) is 26.2 Å². The van der Waals surface area contributed by atoms with E-state index in [0.717, 1.165) is 38.3 Å². The number of benzene rings is 2. The summed E-state index contributed by atoms with van der Waals surface area (Å²) < 4.78 is 5.37. The molecule has 5 nitrogen and oxygen atoms in total.